The summed E-state index contributed by atoms with van der Waals surface area (Å²) in [6.07, 6.45) is 5.59. The molecule has 1 aliphatic rings. The highest BCUT2D eigenvalue weighted by Crippen LogP contribution is 2.15. The molecule has 0 bridgehead atoms. The first-order chi connectivity index (χ1) is 8.77. The maximum atomic E-state index is 12.1. The van der Waals surface area contributed by atoms with E-state index >= 15 is 0 Å². The molecular formula is C14H22N2OS. The summed E-state index contributed by atoms with van der Waals surface area (Å²) in [5.41, 5.74) is 0. The van der Waals surface area contributed by atoms with Gasteiger partial charge in [-0.3, -0.25) is 9.69 Å². The molecule has 1 N–H and O–H groups in total. The van der Waals surface area contributed by atoms with Gasteiger partial charge in [0, 0.05) is 11.4 Å². The molecule has 3 nitrogen and oxygen atoms in total. The lowest BCUT2D eigenvalue weighted by Gasteiger charge is -2.24. The third-order valence-electron chi connectivity index (χ3n) is 3.57. The zero-order valence-corrected chi connectivity index (χ0v) is 11.8. The zero-order valence-electron chi connectivity index (χ0n) is 11.0. The third-order valence-corrected chi connectivity index (χ3v) is 4.51. The number of likely N-dealkylation sites (tertiary alicyclic amines) is 1. The normalized spacial score (nSPS) is 21.5. The first-order valence-electron chi connectivity index (χ1n) is 6.77. The Labute approximate surface area is 113 Å². The minimum atomic E-state index is 0.0795. The highest BCUT2D eigenvalue weighted by atomic mass is 32.1. The number of hydrogen-bond donors (Lipinski definition) is 1. The van der Waals surface area contributed by atoms with Crippen LogP contribution in [-0.2, 0) is 11.2 Å². The fourth-order valence-corrected chi connectivity index (χ4v) is 3.17. The number of carbonyl (C=O) groups is 1. The van der Waals surface area contributed by atoms with E-state index in [1.165, 1.54) is 24.1 Å². The molecule has 0 aromatic carbocycles. The average Bonchev–Trinajstić information content (AvgIpc) is 2.77. The van der Waals surface area contributed by atoms with Crippen molar-refractivity contribution >= 4 is 17.2 Å². The van der Waals surface area contributed by atoms with Crippen LogP contribution in [0.1, 0.15) is 30.6 Å². The number of likely N-dealkylation sites (N-methyl/N-ethyl adjacent to an activating group) is 1. The number of carbonyl (C=O) groups excluding carboxylic acids is 1. The first kappa shape index (κ1) is 13.6. The molecule has 0 unspecified atom stereocenters. The molecule has 1 amide bonds. The van der Waals surface area contributed by atoms with Gasteiger partial charge in [-0.1, -0.05) is 18.9 Å². The molecule has 1 aliphatic heterocycles. The Morgan fingerprint density at radius 2 is 2.39 bits per heavy atom. The summed E-state index contributed by atoms with van der Waals surface area (Å²) >= 11 is 1.75. The maximum Gasteiger partial charge on any atom is 0.237 e. The molecule has 0 spiro atoms. The Hall–Kier alpha value is -0.870. The van der Waals surface area contributed by atoms with Gasteiger partial charge in [-0.2, -0.15) is 0 Å². The zero-order chi connectivity index (χ0) is 12.8. The van der Waals surface area contributed by atoms with Crippen LogP contribution < -0.4 is 5.32 Å². The lowest BCUT2D eigenvalue weighted by atomic mass is 10.1. The number of amides is 1. The second-order valence-electron chi connectivity index (χ2n) is 4.97. The van der Waals surface area contributed by atoms with Crippen LogP contribution in [0.25, 0.3) is 0 Å². The lowest BCUT2D eigenvalue weighted by Crippen LogP contribution is -2.45. The van der Waals surface area contributed by atoms with Gasteiger partial charge in [0.1, 0.15) is 0 Å². The van der Waals surface area contributed by atoms with E-state index < -0.39 is 0 Å². The Balaban J connectivity index is 1.76. The average molecular weight is 266 g/mol. The Bertz CT molecular complexity index is 364. The molecule has 1 saturated heterocycles. The van der Waals surface area contributed by atoms with Crippen molar-refractivity contribution in [1.82, 2.24) is 10.2 Å². The predicted molar refractivity (Wildman–Crippen MR) is 75.9 cm³/mol. The van der Waals surface area contributed by atoms with Gasteiger partial charge in [-0.05, 0) is 44.3 Å². The molecule has 0 aliphatic carbocycles. The van der Waals surface area contributed by atoms with Crippen LogP contribution in [0.5, 0.6) is 0 Å². The molecular weight excluding hydrogens is 244 g/mol. The second kappa shape index (κ2) is 6.90. The molecule has 1 aromatic rings. The van der Waals surface area contributed by atoms with Crippen LogP contribution in [0.2, 0.25) is 0 Å². The summed E-state index contributed by atoms with van der Waals surface area (Å²) in [5, 5.41) is 5.15. The molecule has 0 saturated carbocycles. The predicted octanol–water partition coefficient (Wildman–Crippen LogP) is 2.28. The first-order valence-corrected chi connectivity index (χ1v) is 7.65. The summed E-state index contributed by atoms with van der Waals surface area (Å²) in [5.74, 6) is 0.205. The van der Waals surface area contributed by atoms with Gasteiger partial charge >= 0.3 is 0 Å². The van der Waals surface area contributed by atoms with Crippen LogP contribution >= 0.6 is 11.3 Å². The summed E-state index contributed by atoms with van der Waals surface area (Å²) in [6, 6.07) is 4.26. The van der Waals surface area contributed by atoms with Crippen molar-refractivity contribution in [3.05, 3.63) is 22.4 Å². The molecule has 18 heavy (non-hydrogen) atoms. The van der Waals surface area contributed by atoms with E-state index in [0.717, 1.165) is 25.9 Å². The van der Waals surface area contributed by atoms with Crippen LogP contribution in [0, 0.1) is 0 Å². The fraction of sp³-hybridized carbons (Fsp3) is 0.643. The van der Waals surface area contributed by atoms with Crippen molar-refractivity contribution in [1.29, 1.82) is 0 Å². The van der Waals surface area contributed by atoms with Gasteiger partial charge in [0.05, 0.1) is 6.04 Å². The minimum Gasteiger partial charge on any atom is -0.354 e. The van der Waals surface area contributed by atoms with E-state index in [4.69, 9.17) is 0 Å². The molecule has 2 heterocycles. The van der Waals surface area contributed by atoms with Crippen molar-refractivity contribution in [3.63, 3.8) is 0 Å². The Kier molecular flexibility index (Phi) is 5.20. The number of rotatable bonds is 4. The van der Waals surface area contributed by atoms with E-state index in [9.17, 15) is 4.79 Å². The van der Waals surface area contributed by atoms with E-state index in [1.807, 2.05) is 0 Å². The Morgan fingerprint density at radius 1 is 1.50 bits per heavy atom. The highest BCUT2D eigenvalue weighted by molar-refractivity contribution is 7.09. The van der Waals surface area contributed by atoms with E-state index in [2.05, 4.69) is 34.8 Å². The number of hydrogen-bond acceptors (Lipinski definition) is 3. The van der Waals surface area contributed by atoms with Crippen molar-refractivity contribution in [2.24, 2.45) is 0 Å². The summed E-state index contributed by atoms with van der Waals surface area (Å²) < 4.78 is 0. The fourth-order valence-electron chi connectivity index (χ4n) is 2.46. The SMILES string of the molecule is CN1CCCCC[C@H]1C(=O)NCCc1cccs1. The highest BCUT2D eigenvalue weighted by Gasteiger charge is 2.23. The van der Waals surface area contributed by atoms with Crippen LogP contribution in [-0.4, -0.2) is 37.0 Å². The maximum absolute atomic E-state index is 12.1. The standard InChI is InChI=1S/C14H22N2OS/c1-16-10-4-2-3-7-13(16)14(17)15-9-8-12-6-5-11-18-12/h5-6,11,13H,2-4,7-10H2,1H3,(H,15,17)/t13-/m0/s1. The molecule has 2 rings (SSSR count). The topological polar surface area (TPSA) is 32.3 Å². The summed E-state index contributed by atoms with van der Waals surface area (Å²) in [6.45, 7) is 1.80. The van der Waals surface area contributed by atoms with Crippen molar-refractivity contribution < 1.29 is 4.79 Å². The molecule has 0 radical (unpaired) electrons. The van der Waals surface area contributed by atoms with Crippen LogP contribution in [0.3, 0.4) is 0 Å². The summed E-state index contributed by atoms with van der Waals surface area (Å²) in [4.78, 5) is 15.7. The minimum absolute atomic E-state index is 0.0795. The lowest BCUT2D eigenvalue weighted by molar-refractivity contribution is -0.126. The van der Waals surface area contributed by atoms with Gasteiger partial charge < -0.3 is 5.32 Å². The Morgan fingerprint density at radius 3 is 3.17 bits per heavy atom. The number of thiophene rings is 1. The van der Waals surface area contributed by atoms with Crippen LogP contribution in [0.4, 0.5) is 0 Å². The van der Waals surface area contributed by atoms with E-state index in [1.54, 1.807) is 11.3 Å². The van der Waals surface area contributed by atoms with E-state index in [-0.39, 0.29) is 11.9 Å². The number of nitrogens with zero attached hydrogens (tertiary/aromatic N) is 1. The van der Waals surface area contributed by atoms with Gasteiger partial charge in [-0.25, -0.2) is 0 Å². The molecule has 1 aromatic heterocycles. The van der Waals surface area contributed by atoms with Crippen LogP contribution in [0.15, 0.2) is 17.5 Å². The molecule has 4 heteroatoms. The van der Waals surface area contributed by atoms with E-state index in [0.29, 0.717) is 0 Å². The third kappa shape index (κ3) is 3.82. The van der Waals surface area contributed by atoms with Crippen molar-refractivity contribution in [2.45, 2.75) is 38.1 Å². The largest absolute Gasteiger partial charge is 0.354 e. The second-order valence-corrected chi connectivity index (χ2v) is 6.00. The van der Waals surface area contributed by atoms with Gasteiger partial charge in [0.2, 0.25) is 5.91 Å². The molecule has 1 fully saturated rings. The van der Waals surface area contributed by atoms with Crippen molar-refractivity contribution in [3.8, 4) is 0 Å². The van der Waals surface area contributed by atoms with Gasteiger partial charge in [0.25, 0.3) is 0 Å². The summed E-state index contributed by atoms with van der Waals surface area (Å²) in [7, 11) is 2.06. The van der Waals surface area contributed by atoms with Gasteiger partial charge in [-0.15, -0.1) is 11.3 Å². The number of nitrogens with one attached hydrogen (secondary N) is 1. The van der Waals surface area contributed by atoms with Crippen molar-refractivity contribution in [2.75, 3.05) is 20.1 Å². The monoisotopic (exact) mass is 266 g/mol. The molecule has 100 valence electrons. The quantitative estimate of drug-likeness (QED) is 0.907. The van der Waals surface area contributed by atoms with Gasteiger partial charge in [0.15, 0.2) is 0 Å². The molecule has 1 atom stereocenters. The smallest absolute Gasteiger partial charge is 0.237 e.